The SMILES string of the molecule is CCCc1nc2c(c(=O)[nH]1)CN(Cc1cccc(C(C)(C)C)c1O)CC2. The first-order chi connectivity index (χ1) is 12.3. The summed E-state index contributed by atoms with van der Waals surface area (Å²) in [5.74, 6) is 1.16. The van der Waals surface area contributed by atoms with Crippen molar-refractivity contribution in [3.8, 4) is 5.75 Å². The molecule has 2 N–H and O–H groups in total. The molecule has 0 fully saturated rings. The molecule has 0 aliphatic carbocycles. The Morgan fingerprint density at radius 2 is 2.08 bits per heavy atom. The van der Waals surface area contributed by atoms with Crippen molar-refractivity contribution < 1.29 is 5.11 Å². The molecule has 5 heteroatoms. The monoisotopic (exact) mass is 355 g/mol. The summed E-state index contributed by atoms with van der Waals surface area (Å²) in [5.41, 5.74) is 3.44. The van der Waals surface area contributed by atoms with Gasteiger partial charge in [0.25, 0.3) is 5.56 Å². The summed E-state index contributed by atoms with van der Waals surface area (Å²) in [6.07, 6.45) is 2.55. The fraction of sp³-hybridized carbons (Fsp3) is 0.524. The second-order valence-corrected chi connectivity index (χ2v) is 8.21. The summed E-state index contributed by atoms with van der Waals surface area (Å²) in [4.78, 5) is 22.2. The number of aryl methyl sites for hydroxylation is 1. The maximum atomic E-state index is 12.4. The smallest absolute Gasteiger partial charge is 0.255 e. The number of phenols is 1. The summed E-state index contributed by atoms with van der Waals surface area (Å²) >= 11 is 0. The number of nitrogens with one attached hydrogen (secondary N) is 1. The Labute approximate surface area is 155 Å². The zero-order chi connectivity index (χ0) is 18.9. The average molecular weight is 355 g/mol. The van der Waals surface area contributed by atoms with Gasteiger partial charge >= 0.3 is 0 Å². The first-order valence-electron chi connectivity index (χ1n) is 9.44. The zero-order valence-corrected chi connectivity index (χ0v) is 16.2. The van der Waals surface area contributed by atoms with Crippen molar-refractivity contribution in [2.45, 2.75) is 65.5 Å². The predicted octanol–water partition coefficient (Wildman–Crippen LogP) is 3.28. The van der Waals surface area contributed by atoms with Gasteiger partial charge in [-0.3, -0.25) is 9.69 Å². The topological polar surface area (TPSA) is 69.2 Å². The predicted molar refractivity (Wildman–Crippen MR) is 103 cm³/mol. The minimum absolute atomic E-state index is 0.0178. The third-order valence-corrected chi connectivity index (χ3v) is 5.01. The number of hydrogen-bond acceptors (Lipinski definition) is 4. The van der Waals surface area contributed by atoms with Gasteiger partial charge in [-0.1, -0.05) is 45.9 Å². The van der Waals surface area contributed by atoms with Crippen LogP contribution in [0.25, 0.3) is 0 Å². The standard InChI is InChI=1S/C21H29N3O2/c1-5-7-18-22-17-10-11-24(13-15(17)20(26)23-18)12-14-8-6-9-16(19(14)25)21(2,3)4/h6,8-9,25H,5,7,10-13H2,1-4H3,(H,22,23,26). The van der Waals surface area contributed by atoms with Crippen LogP contribution in [0.5, 0.6) is 5.75 Å². The molecule has 0 radical (unpaired) electrons. The molecule has 26 heavy (non-hydrogen) atoms. The molecule has 0 bridgehead atoms. The lowest BCUT2D eigenvalue weighted by Crippen LogP contribution is -2.35. The number of nitrogens with zero attached hydrogens (tertiary/aromatic N) is 2. The number of H-pyrrole nitrogens is 1. The third kappa shape index (κ3) is 3.83. The van der Waals surface area contributed by atoms with Crippen molar-refractivity contribution in [3.05, 3.63) is 56.8 Å². The van der Waals surface area contributed by atoms with Crippen LogP contribution in [0.2, 0.25) is 0 Å². The molecule has 0 saturated carbocycles. The normalized spacial score (nSPS) is 15.1. The molecule has 1 aromatic heterocycles. The largest absolute Gasteiger partial charge is 0.507 e. The Morgan fingerprint density at radius 3 is 2.77 bits per heavy atom. The van der Waals surface area contributed by atoms with E-state index >= 15 is 0 Å². The van der Waals surface area contributed by atoms with E-state index in [1.165, 1.54) is 0 Å². The Morgan fingerprint density at radius 1 is 1.31 bits per heavy atom. The van der Waals surface area contributed by atoms with Crippen molar-refractivity contribution in [3.63, 3.8) is 0 Å². The van der Waals surface area contributed by atoms with Gasteiger partial charge in [0.05, 0.1) is 11.3 Å². The van der Waals surface area contributed by atoms with Crippen LogP contribution in [0.1, 0.15) is 62.3 Å². The lowest BCUT2D eigenvalue weighted by atomic mass is 9.85. The lowest BCUT2D eigenvalue weighted by Gasteiger charge is -2.29. The van der Waals surface area contributed by atoms with Crippen molar-refractivity contribution in [1.29, 1.82) is 0 Å². The Balaban J connectivity index is 1.82. The highest BCUT2D eigenvalue weighted by molar-refractivity contribution is 5.44. The fourth-order valence-electron chi connectivity index (χ4n) is 3.59. The van der Waals surface area contributed by atoms with Crippen LogP contribution in [0.15, 0.2) is 23.0 Å². The molecule has 2 aromatic rings. The van der Waals surface area contributed by atoms with Crippen LogP contribution < -0.4 is 5.56 Å². The molecule has 0 spiro atoms. The number of aromatic hydroxyl groups is 1. The van der Waals surface area contributed by atoms with Gasteiger partial charge in [-0.2, -0.15) is 0 Å². The maximum absolute atomic E-state index is 12.4. The second kappa shape index (κ2) is 7.23. The van der Waals surface area contributed by atoms with Gasteiger partial charge in [0.15, 0.2) is 0 Å². The minimum atomic E-state index is -0.106. The van der Waals surface area contributed by atoms with Gasteiger partial charge in [0.1, 0.15) is 11.6 Å². The molecule has 0 saturated heterocycles. The summed E-state index contributed by atoms with van der Waals surface area (Å²) in [6, 6.07) is 5.94. The van der Waals surface area contributed by atoms with Crippen LogP contribution in [0.3, 0.4) is 0 Å². The average Bonchev–Trinajstić information content (AvgIpc) is 2.56. The van der Waals surface area contributed by atoms with E-state index in [1.807, 2.05) is 18.2 Å². The number of rotatable bonds is 4. The van der Waals surface area contributed by atoms with Gasteiger partial charge in [0.2, 0.25) is 0 Å². The maximum Gasteiger partial charge on any atom is 0.255 e. The molecule has 2 heterocycles. The molecule has 5 nitrogen and oxygen atoms in total. The molecule has 0 atom stereocenters. The number of para-hydroxylation sites is 1. The van der Waals surface area contributed by atoms with Gasteiger partial charge in [0, 0.05) is 38.0 Å². The zero-order valence-electron chi connectivity index (χ0n) is 16.2. The Hall–Kier alpha value is -2.14. The Kier molecular flexibility index (Phi) is 5.19. The molecule has 0 amide bonds. The third-order valence-electron chi connectivity index (χ3n) is 5.01. The number of phenolic OH excluding ortho intramolecular Hbond substituents is 1. The highest BCUT2D eigenvalue weighted by Crippen LogP contribution is 2.34. The first-order valence-corrected chi connectivity index (χ1v) is 9.44. The van der Waals surface area contributed by atoms with Crippen LogP contribution in [-0.2, 0) is 31.3 Å². The molecule has 0 unspecified atom stereocenters. The summed E-state index contributed by atoms with van der Waals surface area (Å²) < 4.78 is 0. The van der Waals surface area contributed by atoms with E-state index in [0.29, 0.717) is 18.8 Å². The number of benzene rings is 1. The van der Waals surface area contributed by atoms with E-state index in [2.05, 4.69) is 42.6 Å². The number of hydrogen-bond donors (Lipinski definition) is 2. The van der Waals surface area contributed by atoms with Crippen LogP contribution in [0.4, 0.5) is 0 Å². The molecule has 1 aliphatic heterocycles. The van der Waals surface area contributed by atoms with Crippen molar-refractivity contribution in [1.82, 2.24) is 14.9 Å². The first kappa shape index (κ1) is 18.6. The van der Waals surface area contributed by atoms with Gasteiger partial charge in [-0.05, 0) is 17.4 Å². The molecule has 1 aromatic carbocycles. The Bertz CT molecular complexity index is 849. The summed E-state index contributed by atoms with van der Waals surface area (Å²) in [7, 11) is 0. The van der Waals surface area contributed by atoms with Crippen molar-refractivity contribution in [2.75, 3.05) is 6.54 Å². The van der Waals surface area contributed by atoms with Crippen LogP contribution in [-0.4, -0.2) is 26.5 Å². The number of aromatic amines is 1. The quantitative estimate of drug-likeness (QED) is 0.883. The molecule has 3 rings (SSSR count). The summed E-state index contributed by atoms with van der Waals surface area (Å²) in [5, 5.41) is 10.7. The van der Waals surface area contributed by atoms with E-state index < -0.39 is 0 Å². The van der Waals surface area contributed by atoms with E-state index in [-0.39, 0.29) is 11.0 Å². The van der Waals surface area contributed by atoms with E-state index in [9.17, 15) is 9.90 Å². The van der Waals surface area contributed by atoms with Gasteiger partial charge < -0.3 is 10.1 Å². The van der Waals surface area contributed by atoms with Crippen LogP contribution >= 0.6 is 0 Å². The number of aromatic nitrogens is 2. The second-order valence-electron chi connectivity index (χ2n) is 8.21. The molecular formula is C21H29N3O2. The molecule has 140 valence electrons. The molecule has 1 aliphatic rings. The van der Waals surface area contributed by atoms with Gasteiger partial charge in [-0.15, -0.1) is 0 Å². The minimum Gasteiger partial charge on any atom is -0.507 e. The highest BCUT2D eigenvalue weighted by atomic mass is 16.3. The lowest BCUT2D eigenvalue weighted by molar-refractivity contribution is 0.238. The van der Waals surface area contributed by atoms with Gasteiger partial charge in [-0.25, -0.2) is 4.98 Å². The number of fused-ring (bicyclic) bond motifs is 1. The molecular weight excluding hydrogens is 326 g/mol. The van der Waals surface area contributed by atoms with Crippen molar-refractivity contribution in [2.24, 2.45) is 0 Å². The van der Waals surface area contributed by atoms with E-state index in [0.717, 1.165) is 54.0 Å². The van der Waals surface area contributed by atoms with E-state index in [4.69, 9.17) is 0 Å². The fourth-order valence-corrected chi connectivity index (χ4v) is 3.59. The highest BCUT2D eigenvalue weighted by Gasteiger charge is 2.24. The summed E-state index contributed by atoms with van der Waals surface area (Å²) in [6.45, 7) is 10.4. The van der Waals surface area contributed by atoms with Crippen molar-refractivity contribution >= 4 is 0 Å². The van der Waals surface area contributed by atoms with E-state index in [1.54, 1.807) is 0 Å². The van der Waals surface area contributed by atoms with Crippen LogP contribution in [0, 0.1) is 0 Å².